The van der Waals surface area contributed by atoms with E-state index in [1.54, 1.807) is 30.5 Å². The minimum atomic E-state index is -0.212. The molecule has 3 N–H and O–H groups in total. The van der Waals surface area contributed by atoms with Crippen LogP contribution in [-0.4, -0.2) is 37.3 Å². The molecule has 3 rings (SSSR count). The van der Waals surface area contributed by atoms with E-state index in [4.69, 9.17) is 0 Å². The Morgan fingerprint density at radius 2 is 2.20 bits per heavy atom. The van der Waals surface area contributed by atoms with Crippen LogP contribution in [0.2, 0.25) is 0 Å². The predicted molar refractivity (Wildman–Crippen MR) is 94.2 cm³/mol. The molecule has 0 aliphatic carbocycles. The first-order valence-electron chi connectivity index (χ1n) is 8.31. The van der Waals surface area contributed by atoms with Gasteiger partial charge in [-0.05, 0) is 24.6 Å². The summed E-state index contributed by atoms with van der Waals surface area (Å²) >= 11 is 0. The van der Waals surface area contributed by atoms with Crippen LogP contribution < -0.4 is 5.32 Å². The highest BCUT2D eigenvalue weighted by atomic mass is 16.3. The minimum absolute atomic E-state index is 0.132. The Kier molecular flexibility index (Phi) is 5.13. The second-order valence-electron chi connectivity index (χ2n) is 5.68. The van der Waals surface area contributed by atoms with Crippen LogP contribution in [0.15, 0.2) is 42.7 Å². The van der Waals surface area contributed by atoms with E-state index >= 15 is 0 Å². The molecule has 0 bridgehead atoms. The number of hydrogen-bond acceptors (Lipinski definition) is 4. The molecule has 0 fully saturated rings. The molecule has 0 atom stereocenters. The quantitative estimate of drug-likeness (QED) is 0.576. The number of aryl methyl sites for hydroxylation is 2. The summed E-state index contributed by atoms with van der Waals surface area (Å²) in [6.07, 6.45) is 5.45. The number of aromatic hydroxyl groups is 1. The summed E-state index contributed by atoms with van der Waals surface area (Å²) < 4.78 is 2.10. The molecule has 3 aromatic rings. The maximum absolute atomic E-state index is 12.2. The number of imidazole rings is 1. The SMILES string of the molecule is CCc1nccn1CCCNC(=O)c1cc(-c2ccccc2O)n[nH]1. The Bertz CT molecular complexity index is 853. The van der Waals surface area contributed by atoms with Crippen LogP contribution >= 0.6 is 0 Å². The molecule has 0 saturated carbocycles. The van der Waals surface area contributed by atoms with Crippen molar-refractivity contribution < 1.29 is 9.90 Å². The van der Waals surface area contributed by atoms with Gasteiger partial charge in [-0.3, -0.25) is 9.89 Å². The molecule has 0 saturated heterocycles. The van der Waals surface area contributed by atoms with Crippen molar-refractivity contribution in [3.63, 3.8) is 0 Å². The number of phenols is 1. The number of hydrogen-bond donors (Lipinski definition) is 3. The molecular weight excluding hydrogens is 318 g/mol. The normalized spacial score (nSPS) is 10.8. The van der Waals surface area contributed by atoms with E-state index in [-0.39, 0.29) is 11.7 Å². The number of para-hydroxylation sites is 1. The fraction of sp³-hybridized carbons (Fsp3) is 0.278. The lowest BCUT2D eigenvalue weighted by molar-refractivity contribution is 0.0947. The monoisotopic (exact) mass is 339 g/mol. The Balaban J connectivity index is 1.53. The summed E-state index contributed by atoms with van der Waals surface area (Å²) in [5, 5.41) is 19.5. The van der Waals surface area contributed by atoms with Gasteiger partial charge in [0.1, 0.15) is 17.3 Å². The third-order valence-corrected chi connectivity index (χ3v) is 3.98. The fourth-order valence-electron chi connectivity index (χ4n) is 2.67. The van der Waals surface area contributed by atoms with Gasteiger partial charge >= 0.3 is 0 Å². The zero-order chi connectivity index (χ0) is 17.6. The molecule has 0 aliphatic heterocycles. The van der Waals surface area contributed by atoms with Gasteiger partial charge in [-0.2, -0.15) is 5.10 Å². The van der Waals surface area contributed by atoms with E-state index in [0.717, 1.165) is 25.2 Å². The molecule has 7 nitrogen and oxygen atoms in total. The second-order valence-corrected chi connectivity index (χ2v) is 5.68. The summed E-state index contributed by atoms with van der Waals surface area (Å²) in [6.45, 7) is 3.45. The number of nitrogens with zero attached hydrogens (tertiary/aromatic N) is 3. The van der Waals surface area contributed by atoms with E-state index in [9.17, 15) is 9.90 Å². The number of benzene rings is 1. The molecule has 0 spiro atoms. The molecule has 2 heterocycles. The highest BCUT2D eigenvalue weighted by molar-refractivity contribution is 5.93. The molecular formula is C18H21N5O2. The topological polar surface area (TPSA) is 95.8 Å². The van der Waals surface area contributed by atoms with Gasteiger partial charge in [-0.15, -0.1) is 0 Å². The van der Waals surface area contributed by atoms with Gasteiger partial charge in [0.05, 0.1) is 5.69 Å². The maximum Gasteiger partial charge on any atom is 0.269 e. The molecule has 2 aromatic heterocycles. The first-order chi connectivity index (χ1) is 12.2. The molecule has 0 unspecified atom stereocenters. The summed E-state index contributed by atoms with van der Waals surface area (Å²) in [7, 11) is 0. The van der Waals surface area contributed by atoms with Gasteiger partial charge in [0.2, 0.25) is 0 Å². The van der Waals surface area contributed by atoms with Crippen molar-refractivity contribution in [3.05, 3.63) is 54.2 Å². The summed E-state index contributed by atoms with van der Waals surface area (Å²) in [6, 6.07) is 8.52. The van der Waals surface area contributed by atoms with Crippen LogP contribution in [0.1, 0.15) is 29.7 Å². The van der Waals surface area contributed by atoms with Crippen LogP contribution in [0, 0.1) is 0 Å². The van der Waals surface area contributed by atoms with Crippen molar-refractivity contribution in [2.24, 2.45) is 0 Å². The Hall–Kier alpha value is -3.09. The number of amides is 1. The summed E-state index contributed by atoms with van der Waals surface area (Å²) in [5.74, 6) is 0.968. The third kappa shape index (κ3) is 3.88. The van der Waals surface area contributed by atoms with Crippen LogP contribution in [0.3, 0.4) is 0 Å². The van der Waals surface area contributed by atoms with Crippen LogP contribution in [-0.2, 0) is 13.0 Å². The number of phenolic OH excluding ortho intramolecular Hbond substituents is 1. The lowest BCUT2D eigenvalue weighted by atomic mass is 10.1. The van der Waals surface area contributed by atoms with Crippen molar-refractivity contribution in [1.29, 1.82) is 0 Å². The largest absolute Gasteiger partial charge is 0.507 e. The van der Waals surface area contributed by atoms with Crippen LogP contribution in [0.5, 0.6) is 5.75 Å². The molecule has 1 aromatic carbocycles. The van der Waals surface area contributed by atoms with Crippen molar-refractivity contribution >= 4 is 5.91 Å². The van der Waals surface area contributed by atoms with Gasteiger partial charge in [-0.25, -0.2) is 4.98 Å². The standard InChI is InChI=1S/C18H21N5O2/c1-2-17-19-9-11-23(17)10-5-8-20-18(25)15-12-14(21-22-15)13-6-3-4-7-16(13)24/h3-4,6-7,9,11-12,24H,2,5,8,10H2,1H3,(H,20,25)(H,21,22). The minimum Gasteiger partial charge on any atom is -0.507 e. The zero-order valence-electron chi connectivity index (χ0n) is 14.1. The van der Waals surface area contributed by atoms with Crippen molar-refractivity contribution in [2.45, 2.75) is 26.3 Å². The molecule has 0 radical (unpaired) electrons. The highest BCUT2D eigenvalue weighted by Crippen LogP contribution is 2.27. The van der Waals surface area contributed by atoms with Gasteiger partial charge in [0, 0.05) is 37.5 Å². The molecule has 0 aliphatic rings. The average Bonchev–Trinajstić information content (AvgIpc) is 3.28. The number of aromatic nitrogens is 4. The van der Waals surface area contributed by atoms with Crippen molar-refractivity contribution in [2.75, 3.05) is 6.54 Å². The summed E-state index contributed by atoms with van der Waals surface area (Å²) in [4.78, 5) is 16.5. The Labute approximate surface area is 145 Å². The van der Waals surface area contributed by atoms with Crippen molar-refractivity contribution in [3.8, 4) is 17.0 Å². The van der Waals surface area contributed by atoms with Gasteiger partial charge in [-0.1, -0.05) is 19.1 Å². The number of aromatic amines is 1. The lowest BCUT2D eigenvalue weighted by Crippen LogP contribution is -2.25. The van der Waals surface area contributed by atoms with Crippen LogP contribution in [0.25, 0.3) is 11.3 Å². The van der Waals surface area contributed by atoms with Crippen LogP contribution in [0.4, 0.5) is 0 Å². The average molecular weight is 339 g/mol. The fourth-order valence-corrected chi connectivity index (χ4v) is 2.67. The van der Waals surface area contributed by atoms with Gasteiger partial charge in [0.25, 0.3) is 5.91 Å². The van der Waals surface area contributed by atoms with E-state index in [1.807, 2.05) is 12.3 Å². The first kappa shape index (κ1) is 16.8. The van der Waals surface area contributed by atoms with Gasteiger partial charge in [0.15, 0.2) is 0 Å². The number of H-pyrrole nitrogens is 1. The van der Waals surface area contributed by atoms with Gasteiger partial charge < -0.3 is 15.0 Å². The second kappa shape index (κ2) is 7.65. The zero-order valence-corrected chi connectivity index (χ0v) is 14.1. The van der Waals surface area contributed by atoms with E-state index in [2.05, 4.69) is 32.0 Å². The van der Waals surface area contributed by atoms with E-state index in [1.165, 1.54) is 0 Å². The van der Waals surface area contributed by atoms with Crippen molar-refractivity contribution in [1.82, 2.24) is 25.1 Å². The Morgan fingerprint density at radius 3 is 3.00 bits per heavy atom. The number of nitrogens with one attached hydrogen (secondary N) is 2. The highest BCUT2D eigenvalue weighted by Gasteiger charge is 2.12. The molecule has 25 heavy (non-hydrogen) atoms. The molecule has 130 valence electrons. The van der Waals surface area contributed by atoms with E-state index in [0.29, 0.717) is 23.5 Å². The molecule has 7 heteroatoms. The lowest BCUT2D eigenvalue weighted by Gasteiger charge is -2.07. The maximum atomic E-state index is 12.2. The molecule has 1 amide bonds. The number of carbonyl (C=O) groups is 1. The Morgan fingerprint density at radius 1 is 1.36 bits per heavy atom. The summed E-state index contributed by atoms with van der Waals surface area (Å²) in [5.41, 5.74) is 1.49. The number of rotatable bonds is 7. The first-order valence-corrected chi connectivity index (χ1v) is 8.31. The van der Waals surface area contributed by atoms with E-state index < -0.39 is 0 Å². The number of carbonyl (C=O) groups excluding carboxylic acids is 1. The predicted octanol–water partition coefficient (Wildman–Crippen LogP) is 2.36. The third-order valence-electron chi connectivity index (χ3n) is 3.98. The smallest absolute Gasteiger partial charge is 0.269 e.